The molecule has 1 aliphatic rings. The lowest BCUT2D eigenvalue weighted by Gasteiger charge is -2.29. The van der Waals surface area contributed by atoms with Crippen LogP contribution in [0.15, 0.2) is 28.7 Å². The second kappa shape index (κ2) is 5.73. The van der Waals surface area contributed by atoms with E-state index in [9.17, 15) is 13.5 Å². The van der Waals surface area contributed by atoms with Gasteiger partial charge in [-0.3, -0.25) is 0 Å². The summed E-state index contributed by atoms with van der Waals surface area (Å²) in [5.74, 6) is 0. The second-order valence-electron chi connectivity index (χ2n) is 5.21. The summed E-state index contributed by atoms with van der Waals surface area (Å²) < 4.78 is 32.7. The lowest BCUT2D eigenvalue weighted by Crippen LogP contribution is -2.51. The number of nitrogens with one attached hydrogen (secondary N) is 1. The van der Waals surface area contributed by atoms with Gasteiger partial charge in [-0.1, -0.05) is 28.1 Å². The van der Waals surface area contributed by atoms with Gasteiger partial charge in [0.15, 0.2) is 0 Å². The maximum atomic E-state index is 12.0. The second-order valence-corrected chi connectivity index (χ2v) is 8.39. The molecule has 112 valence electrons. The summed E-state index contributed by atoms with van der Waals surface area (Å²) >= 11 is 3.33. The molecule has 0 bridgehead atoms. The Morgan fingerprint density at radius 3 is 2.55 bits per heavy atom. The lowest BCUT2D eigenvalue weighted by molar-refractivity contribution is 0.0121. The molecule has 1 aromatic carbocycles. The molecule has 5 nitrogen and oxygen atoms in total. The highest BCUT2D eigenvalue weighted by Crippen LogP contribution is 2.32. The van der Waals surface area contributed by atoms with Gasteiger partial charge in [0.05, 0.1) is 24.5 Å². The van der Waals surface area contributed by atoms with Crippen LogP contribution >= 0.6 is 15.9 Å². The van der Waals surface area contributed by atoms with Gasteiger partial charge in [0.2, 0.25) is 10.0 Å². The van der Waals surface area contributed by atoms with Crippen molar-refractivity contribution >= 4 is 26.0 Å². The SMILES string of the molecule is CC(C)S(=O)(=O)N[C@H]1COC[C@]1(O)c1ccc(Br)cc1. The first-order chi connectivity index (χ1) is 9.25. The van der Waals surface area contributed by atoms with E-state index < -0.39 is 26.9 Å². The first kappa shape index (κ1) is 15.9. The number of rotatable bonds is 4. The summed E-state index contributed by atoms with van der Waals surface area (Å²) in [6.45, 7) is 3.41. The van der Waals surface area contributed by atoms with E-state index in [1.165, 1.54) is 0 Å². The van der Waals surface area contributed by atoms with Crippen LogP contribution in [0.5, 0.6) is 0 Å². The quantitative estimate of drug-likeness (QED) is 0.846. The molecule has 0 aliphatic carbocycles. The van der Waals surface area contributed by atoms with Gasteiger partial charge in [-0.25, -0.2) is 13.1 Å². The molecule has 0 spiro atoms. The van der Waals surface area contributed by atoms with Crippen molar-refractivity contribution in [1.29, 1.82) is 0 Å². The van der Waals surface area contributed by atoms with E-state index in [1.54, 1.807) is 38.1 Å². The molecule has 0 amide bonds. The Labute approximate surface area is 127 Å². The number of benzene rings is 1. The Kier molecular flexibility index (Phi) is 4.56. The average Bonchev–Trinajstić information content (AvgIpc) is 2.72. The normalized spacial score (nSPS) is 27.1. The molecule has 1 saturated heterocycles. The van der Waals surface area contributed by atoms with Crippen LogP contribution in [-0.4, -0.2) is 38.0 Å². The number of sulfonamides is 1. The van der Waals surface area contributed by atoms with E-state index in [2.05, 4.69) is 20.7 Å². The molecule has 0 saturated carbocycles. The fourth-order valence-corrected chi connectivity index (χ4v) is 3.26. The van der Waals surface area contributed by atoms with Gasteiger partial charge in [-0.05, 0) is 31.5 Å². The Morgan fingerprint density at radius 2 is 2.00 bits per heavy atom. The Morgan fingerprint density at radius 1 is 1.40 bits per heavy atom. The molecule has 0 radical (unpaired) electrons. The highest BCUT2D eigenvalue weighted by Gasteiger charge is 2.46. The number of hydrogen-bond donors (Lipinski definition) is 2. The van der Waals surface area contributed by atoms with Crippen molar-refractivity contribution < 1.29 is 18.3 Å². The minimum atomic E-state index is -3.47. The van der Waals surface area contributed by atoms with Gasteiger partial charge >= 0.3 is 0 Å². The maximum absolute atomic E-state index is 12.0. The molecular weight excluding hydrogens is 346 g/mol. The Hall–Kier alpha value is -0.470. The molecule has 2 atom stereocenters. The molecule has 2 rings (SSSR count). The topological polar surface area (TPSA) is 75.6 Å². The molecule has 1 aliphatic heterocycles. The smallest absolute Gasteiger partial charge is 0.214 e. The van der Waals surface area contributed by atoms with Crippen molar-refractivity contribution in [1.82, 2.24) is 4.72 Å². The zero-order valence-corrected chi connectivity index (χ0v) is 13.7. The summed E-state index contributed by atoms with van der Waals surface area (Å²) in [6.07, 6.45) is 0. The van der Waals surface area contributed by atoms with E-state index in [0.717, 1.165) is 4.47 Å². The number of halogens is 1. The van der Waals surface area contributed by atoms with Gasteiger partial charge in [0.25, 0.3) is 0 Å². The summed E-state index contributed by atoms with van der Waals surface area (Å²) in [5, 5.41) is 10.2. The molecule has 1 heterocycles. The number of hydrogen-bond acceptors (Lipinski definition) is 4. The average molecular weight is 364 g/mol. The van der Waals surface area contributed by atoms with Gasteiger partial charge in [-0.15, -0.1) is 0 Å². The third kappa shape index (κ3) is 3.07. The first-order valence-electron chi connectivity index (χ1n) is 6.33. The van der Waals surface area contributed by atoms with Crippen molar-refractivity contribution in [3.05, 3.63) is 34.3 Å². The minimum Gasteiger partial charge on any atom is -0.381 e. The van der Waals surface area contributed by atoms with E-state index in [-0.39, 0.29) is 13.2 Å². The zero-order chi connectivity index (χ0) is 15.0. The Bertz CT molecular complexity index is 573. The van der Waals surface area contributed by atoms with Crippen molar-refractivity contribution in [3.8, 4) is 0 Å². The predicted octanol–water partition coefficient (Wildman–Crippen LogP) is 1.36. The summed E-state index contributed by atoms with van der Waals surface area (Å²) in [6, 6.07) is 6.44. The molecule has 2 N–H and O–H groups in total. The highest BCUT2D eigenvalue weighted by molar-refractivity contribution is 9.10. The largest absolute Gasteiger partial charge is 0.381 e. The highest BCUT2D eigenvalue weighted by atomic mass is 79.9. The van der Waals surface area contributed by atoms with Crippen LogP contribution in [0.3, 0.4) is 0 Å². The predicted molar refractivity (Wildman–Crippen MR) is 79.8 cm³/mol. The molecule has 1 aromatic rings. The monoisotopic (exact) mass is 363 g/mol. The van der Waals surface area contributed by atoms with Crippen molar-refractivity contribution in [2.45, 2.75) is 30.7 Å². The van der Waals surface area contributed by atoms with Gasteiger partial charge in [-0.2, -0.15) is 0 Å². The molecular formula is C13H18BrNO4S. The molecule has 20 heavy (non-hydrogen) atoms. The summed E-state index contributed by atoms with van der Waals surface area (Å²) in [7, 11) is -3.47. The number of aliphatic hydroxyl groups is 1. The van der Waals surface area contributed by atoms with Gasteiger partial charge in [0, 0.05) is 4.47 Å². The molecule has 1 fully saturated rings. The van der Waals surface area contributed by atoms with Crippen LogP contribution in [0, 0.1) is 0 Å². The van der Waals surface area contributed by atoms with Crippen LogP contribution in [0.25, 0.3) is 0 Å². The van der Waals surface area contributed by atoms with Crippen LogP contribution in [0.1, 0.15) is 19.4 Å². The molecule has 7 heteroatoms. The van der Waals surface area contributed by atoms with E-state index in [4.69, 9.17) is 4.74 Å². The van der Waals surface area contributed by atoms with Crippen molar-refractivity contribution in [3.63, 3.8) is 0 Å². The Balaban J connectivity index is 2.28. The van der Waals surface area contributed by atoms with Crippen LogP contribution < -0.4 is 4.72 Å². The fourth-order valence-electron chi connectivity index (χ4n) is 2.06. The number of ether oxygens (including phenoxy) is 1. The standard InChI is InChI=1S/C13H18BrNO4S/c1-9(2)20(17,18)15-12-7-19-8-13(12,16)10-3-5-11(14)6-4-10/h3-6,9,12,15-16H,7-8H2,1-2H3/t12-,13-/m0/s1. The van der Waals surface area contributed by atoms with Crippen molar-refractivity contribution in [2.75, 3.05) is 13.2 Å². The summed E-state index contributed by atoms with van der Waals surface area (Å²) in [5.41, 5.74) is -0.711. The third-order valence-corrected chi connectivity index (χ3v) is 5.84. The third-order valence-electron chi connectivity index (χ3n) is 3.45. The fraction of sp³-hybridized carbons (Fsp3) is 0.538. The van der Waals surface area contributed by atoms with Gasteiger partial charge in [0.1, 0.15) is 5.60 Å². The zero-order valence-electron chi connectivity index (χ0n) is 11.3. The van der Waals surface area contributed by atoms with Crippen LogP contribution in [-0.2, 0) is 20.4 Å². The van der Waals surface area contributed by atoms with Gasteiger partial charge < -0.3 is 9.84 Å². The van der Waals surface area contributed by atoms with E-state index in [0.29, 0.717) is 5.56 Å². The van der Waals surface area contributed by atoms with E-state index >= 15 is 0 Å². The lowest BCUT2D eigenvalue weighted by atomic mass is 9.90. The minimum absolute atomic E-state index is 0.0694. The maximum Gasteiger partial charge on any atom is 0.214 e. The molecule has 0 unspecified atom stereocenters. The molecule has 0 aromatic heterocycles. The van der Waals surface area contributed by atoms with Crippen LogP contribution in [0.2, 0.25) is 0 Å². The van der Waals surface area contributed by atoms with E-state index in [1.807, 2.05) is 0 Å². The summed E-state index contributed by atoms with van der Waals surface area (Å²) in [4.78, 5) is 0. The van der Waals surface area contributed by atoms with Crippen molar-refractivity contribution in [2.24, 2.45) is 0 Å². The first-order valence-corrected chi connectivity index (χ1v) is 8.67. The van der Waals surface area contributed by atoms with Crippen LogP contribution in [0.4, 0.5) is 0 Å².